The van der Waals surface area contributed by atoms with Gasteiger partial charge in [0.2, 0.25) is 5.41 Å². The lowest BCUT2D eigenvalue weighted by atomic mass is 9.81. The lowest BCUT2D eigenvalue weighted by Gasteiger charge is -2.51. The minimum Gasteiger partial charge on any atom is -0.461 e. The Kier molecular flexibility index (Phi) is 4.71. The van der Waals surface area contributed by atoms with E-state index >= 15 is 0 Å². The highest BCUT2D eigenvalue weighted by molar-refractivity contribution is 5.87. The lowest BCUT2D eigenvalue weighted by Crippen LogP contribution is -2.73. The number of carbonyl (C=O) groups excluding carboxylic acids is 2. The Hall–Kier alpha value is -1.90. The molecule has 22 heavy (non-hydrogen) atoms. The molecule has 0 aliphatic carbocycles. The highest BCUT2D eigenvalue weighted by Crippen LogP contribution is 2.61. The number of hydrogen-bond donors (Lipinski definition) is 0. The van der Waals surface area contributed by atoms with Gasteiger partial charge in [-0.05, 0) is 13.8 Å². The second kappa shape index (κ2) is 5.71. The Morgan fingerprint density at radius 1 is 0.909 bits per heavy atom. The van der Waals surface area contributed by atoms with E-state index in [9.17, 15) is 27.2 Å². The van der Waals surface area contributed by atoms with Gasteiger partial charge in [0.25, 0.3) is 0 Å². The van der Waals surface area contributed by atoms with Crippen LogP contribution < -0.4 is 0 Å². The zero-order valence-electron chi connectivity index (χ0n) is 11.9. The van der Waals surface area contributed by atoms with E-state index in [0.29, 0.717) is 0 Å². The highest BCUT2D eigenvalue weighted by atomic mass is 19.3. The van der Waals surface area contributed by atoms with Gasteiger partial charge in [-0.15, -0.1) is 0 Å². The minimum absolute atomic E-state index is 0.166. The Morgan fingerprint density at radius 3 is 1.45 bits per heavy atom. The molecule has 0 amide bonds. The van der Waals surface area contributed by atoms with Crippen molar-refractivity contribution in [3.05, 3.63) is 24.3 Å². The molecule has 0 unspecified atom stereocenters. The summed E-state index contributed by atoms with van der Waals surface area (Å²) >= 11 is 0. The van der Waals surface area contributed by atoms with Gasteiger partial charge in [0.05, 0.1) is 0 Å². The molecule has 1 rings (SSSR count). The predicted molar refractivity (Wildman–Crippen MR) is 65.0 cm³/mol. The van der Waals surface area contributed by atoms with Crippen LogP contribution >= 0.6 is 0 Å². The van der Waals surface area contributed by atoms with Gasteiger partial charge in [0.1, 0.15) is 13.2 Å². The first-order chi connectivity index (χ1) is 9.86. The minimum atomic E-state index is -4.35. The maximum atomic E-state index is 13.5. The van der Waals surface area contributed by atoms with Crippen LogP contribution in [0.3, 0.4) is 0 Å². The lowest BCUT2D eigenvalue weighted by molar-refractivity contribution is -0.565. The van der Waals surface area contributed by atoms with Crippen molar-refractivity contribution in [2.75, 3.05) is 13.2 Å². The van der Waals surface area contributed by atoms with Crippen molar-refractivity contribution < 1.29 is 41.4 Å². The molecule has 1 heterocycles. The summed E-state index contributed by atoms with van der Waals surface area (Å²) in [5, 5.41) is 0. The molecule has 0 N–H and O–H groups in total. The Labute approximate surface area is 123 Å². The van der Waals surface area contributed by atoms with Gasteiger partial charge < -0.3 is 9.47 Å². The van der Waals surface area contributed by atoms with Crippen molar-refractivity contribution in [1.29, 1.82) is 0 Å². The highest BCUT2D eigenvalue weighted by Gasteiger charge is 2.84. The molecule has 0 aromatic heterocycles. The summed E-state index contributed by atoms with van der Waals surface area (Å²) < 4.78 is 66.1. The van der Waals surface area contributed by atoms with Gasteiger partial charge in [0, 0.05) is 11.1 Å². The molecule has 0 aromatic rings. The Balaban J connectivity index is 2.96. The summed E-state index contributed by atoms with van der Waals surface area (Å²) in [7, 11) is 0. The Bertz CT molecular complexity index is 481. The van der Waals surface area contributed by atoms with E-state index in [0.717, 1.165) is 0 Å². The number of halogens is 4. The predicted octanol–water partition coefficient (Wildman–Crippen LogP) is 2.43. The Morgan fingerprint density at radius 2 is 1.23 bits per heavy atom. The zero-order chi connectivity index (χ0) is 17.3. The summed E-state index contributed by atoms with van der Waals surface area (Å²) in [5.41, 5.74) is -3.64. The number of rotatable bonds is 6. The first kappa shape index (κ1) is 18.1. The number of carbonyl (C=O) groups is 2. The molecule has 0 aromatic carbocycles. The molecule has 0 bridgehead atoms. The van der Waals surface area contributed by atoms with Gasteiger partial charge in [0.15, 0.2) is 0 Å². The average Bonchev–Trinajstić information content (AvgIpc) is 2.35. The van der Waals surface area contributed by atoms with Crippen LogP contribution in [0.25, 0.3) is 0 Å². The van der Waals surface area contributed by atoms with E-state index in [1.54, 1.807) is 0 Å². The van der Waals surface area contributed by atoms with Gasteiger partial charge in [-0.2, -0.15) is 17.6 Å². The fourth-order valence-electron chi connectivity index (χ4n) is 1.48. The maximum Gasteiger partial charge on any atom is 0.381 e. The summed E-state index contributed by atoms with van der Waals surface area (Å²) in [6.07, 6.45) is -8.69. The van der Waals surface area contributed by atoms with Crippen LogP contribution in [0.2, 0.25) is 0 Å². The van der Waals surface area contributed by atoms with Gasteiger partial charge in [-0.1, -0.05) is 13.2 Å². The number of alkyl halides is 4. The van der Waals surface area contributed by atoms with Crippen LogP contribution in [-0.4, -0.2) is 37.4 Å². The van der Waals surface area contributed by atoms with E-state index in [1.807, 2.05) is 0 Å². The van der Waals surface area contributed by atoms with Crippen LogP contribution in [0, 0.1) is 5.41 Å². The van der Waals surface area contributed by atoms with Crippen LogP contribution in [0.4, 0.5) is 17.6 Å². The third-order valence-corrected chi connectivity index (χ3v) is 2.97. The second-order valence-corrected chi connectivity index (χ2v) is 4.93. The van der Waals surface area contributed by atoms with Crippen molar-refractivity contribution in [2.45, 2.75) is 26.1 Å². The average molecular weight is 326 g/mol. The largest absolute Gasteiger partial charge is 0.461 e. The standard InChI is InChI=1S/C13H14F4O5/c1-7(2)9(18)20-5-11(6-21-10(19)8(3)4)12(14,15)22-13(11,16)17/h1,3,5-6H2,2,4H3. The summed E-state index contributed by atoms with van der Waals surface area (Å²) in [5.74, 6) is -2.27. The molecule has 0 spiro atoms. The van der Waals surface area contributed by atoms with E-state index in [-0.39, 0.29) is 11.1 Å². The molecule has 1 fully saturated rings. The first-order valence-electron chi connectivity index (χ1n) is 5.97. The molecule has 1 aliphatic rings. The molecular weight excluding hydrogens is 312 g/mol. The van der Waals surface area contributed by atoms with Gasteiger partial charge >= 0.3 is 24.2 Å². The third kappa shape index (κ3) is 2.99. The summed E-state index contributed by atoms with van der Waals surface area (Å²) in [6, 6.07) is 0. The second-order valence-electron chi connectivity index (χ2n) is 4.93. The molecule has 0 radical (unpaired) electrons. The third-order valence-electron chi connectivity index (χ3n) is 2.97. The van der Waals surface area contributed by atoms with Crippen molar-refractivity contribution in [2.24, 2.45) is 5.41 Å². The van der Waals surface area contributed by atoms with Crippen molar-refractivity contribution in [1.82, 2.24) is 0 Å². The van der Waals surface area contributed by atoms with Crippen molar-refractivity contribution in [3.63, 3.8) is 0 Å². The van der Waals surface area contributed by atoms with Crippen molar-refractivity contribution in [3.8, 4) is 0 Å². The van der Waals surface area contributed by atoms with E-state index in [2.05, 4.69) is 27.4 Å². The number of ether oxygens (including phenoxy) is 3. The number of hydrogen-bond acceptors (Lipinski definition) is 5. The van der Waals surface area contributed by atoms with E-state index in [4.69, 9.17) is 0 Å². The van der Waals surface area contributed by atoms with Gasteiger partial charge in [-0.25, -0.2) is 9.59 Å². The molecule has 5 nitrogen and oxygen atoms in total. The van der Waals surface area contributed by atoms with Crippen LogP contribution in [-0.2, 0) is 23.8 Å². The molecule has 1 saturated heterocycles. The van der Waals surface area contributed by atoms with Crippen molar-refractivity contribution >= 4 is 11.9 Å². The molecule has 9 heteroatoms. The van der Waals surface area contributed by atoms with Crippen LogP contribution in [0.5, 0.6) is 0 Å². The molecule has 0 atom stereocenters. The molecular formula is C13H14F4O5. The normalized spacial score (nSPS) is 20.5. The molecule has 124 valence electrons. The van der Waals surface area contributed by atoms with E-state index < -0.39 is 42.8 Å². The quantitative estimate of drug-likeness (QED) is 0.426. The molecule has 1 aliphatic heterocycles. The summed E-state index contributed by atoms with van der Waals surface area (Å²) in [4.78, 5) is 22.4. The van der Waals surface area contributed by atoms with E-state index in [1.165, 1.54) is 13.8 Å². The zero-order valence-corrected chi connectivity index (χ0v) is 11.9. The van der Waals surface area contributed by atoms with Gasteiger partial charge in [-0.3, -0.25) is 4.74 Å². The first-order valence-corrected chi connectivity index (χ1v) is 5.97. The summed E-state index contributed by atoms with van der Waals surface area (Å²) in [6.45, 7) is 5.98. The maximum absolute atomic E-state index is 13.5. The molecule has 0 saturated carbocycles. The monoisotopic (exact) mass is 326 g/mol. The van der Waals surface area contributed by atoms with Crippen LogP contribution in [0.15, 0.2) is 24.3 Å². The van der Waals surface area contributed by atoms with Crippen LogP contribution in [0.1, 0.15) is 13.8 Å². The smallest absolute Gasteiger partial charge is 0.381 e. The SMILES string of the molecule is C=C(C)C(=O)OCC1(COC(=O)C(=C)C)C(F)(F)OC1(F)F. The fourth-order valence-corrected chi connectivity index (χ4v) is 1.48. The number of esters is 2. The fraction of sp³-hybridized carbons (Fsp3) is 0.538. The topological polar surface area (TPSA) is 61.8 Å².